The van der Waals surface area contributed by atoms with E-state index in [4.69, 9.17) is 4.74 Å². The van der Waals surface area contributed by atoms with Gasteiger partial charge in [0.1, 0.15) is 12.4 Å². The van der Waals surface area contributed by atoms with Gasteiger partial charge in [0.25, 0.3) is 0 Å². The van der Waals surface area contributed by atoms with Crippen molar-refractivity contribution >= 4 is 22.5 Å². The number of rotatable bonds is 5. The van der Waals surface area contributed by atoms with E-state index in [0.717, 1.165) is 18.1 Å². The van der Waals surface area contributed by atoms with Gasteiger partial charge in [0.05, 0.1) is 12.2 Å². The lowest BCUT2D eigenvalue weighted by molar-refractivity contribution is 0.290. The van der Waals surface area contributed by atoms with E-state index in [9.17, 15) is 4.39 Å². The zero-order chi connectivity index (χ0) is 20.5. The Morgan fingerprint density at radius 2 is 2.13 bits per heavy atom. The SMILES string of the molecule is C[C@H]1COc2c(NCCc3c[nH]c4ccccc34)nc(-c3cncc(F)c3)nc2N1. The fourth-order valence-electron chi connectivity index (χ4n) is 3.61. The van der Waals surface area contributed by atoms with E-state index in [0.29, 0.717) is 41.9 Å². The van der Waals surface area contributed by atoms with E-state index in [1.807, 2.05) is 25.3 Å². The molecule has 8 heteroatoms. The highest BCUT2D eigenvalue weighted by Crippen LogP contribution is 2.36. The maximum atomic E-state index is 13.7. The Bertz CT molecular complexity index is 1210. The highest BCUT2D eigenvalue weighted by Gasteiger charge is 2.23. The fraction of sp³-hybridized carbons (Fsp3) is 0.227. The maximum absolute atomic E-state index is 13.7. The topological polar surface area (TPSA) is 87.8 Å². The molecule has 0 amide bonds. The monoisotopic (exact) mass is 404 g/mol. The van der Waals surface area contributed by atoms with Crippen LogP contribution < -0.4 is 15.4 Å². The molecule has 0 saturated heterocycles. The lowest BCUT2D eigenvalue weighted by Gasteiger charge is -2.26. The maximum Gasteiger partial charge on any atom is 0.204 e. The molecule has 5 rings (SSSR count). The molecular weight excluding hydrogens is 383 g/mol. The van der Waals surface area contributed by atoms with Gasteiger partial charge in [0.2, 0.25) is 5.75 Å². The van der Waals surface area contributed by atoms with Crippen molar-refractivity contribution in [2.24, 2.45) is 0 Å². The van der Waals surface area contributed by atoms with Gasteiger partial charge in [-0.05, 0) is 31.0 Å². The van der Waals surface area contributed by atoms with Gasteiger partial charge < -0.3 is 20.4 Å². The van der Waals surface area contributed by atoms with Crippen LogP contribution in [0.3, 0.4) is 0 Å². The van der Waals surface area contributed by atoms with Crippen molar-refractivity contribution in [3.05, 3.63) is 60.3 Å². The molecule has 0 unspecified atom stereocenters. The highest BCUT2D eigenvalue weighted by molar-refractivity contribution is 5.83. The summed E-state index contributed by atoms with van der Waals surface area (Å²) in [4.78, 5) is 16.3. The first-order chi connectivity index (χ1) is 14.7. The van der Waals surface area contributed by atoms with E-state index < -0.39 is 5.82 Å². The van der Waals surface area contributed by atoms with Crippen LogP contribution in [0.1, 0.15) is 12.5 Å². The van der Waals surface area contributed by atoms with Gasteiger partial charge in [0, 0.05) is 35.4 Å². The van der Waals surface area contributed by atoms with Gasteiger partial charge in [-0.2, -0.15) is 0 Å². The van der Waals surface area contributed by atoms with E-state index in [2.05, 4.69) is 42.7 Å². The number of aromatic amines is 1. The van der Waals surface area contributed by atoms with E-state index in [1.165, 1.54) is 17.0 Å². The van der Waals surface area contributed by atoms with Crippen LogP contribution in [0.4, 0.5) is 16.0 Å². The quantitative estimate of drug-likeness (QED) is 0.466. The lowest BCUT2D eigenvalue weighted by Crippen LogP contribution is -2.30. The van der Waals surface area contributed by atoms with Crippen LogP contribution in [0.2, 0.25) is 0 Å². The molecule has 1 aliphatic heterocycles. The second-order valence-electron chi connectivity index (χ2n) is 7.36. The average molecular weight is 404 g/mol. The largest absolute Gasteiger partial charge is 0.484 e. The van der Waals surface area contributed by atoms with E-state index in [1.54, 1.807) is 6.20 Å². The first-order valence-electron chi connectivity index (χ1n) is 9.88. The Hall–Kier alpha value is -3.68. The number of nitrogens with one attached hydrogen (secondary N) is 3. The molecule has 4 heterocycles. The van der Waals surface area contributed by atoms with E-state index >= 15 is 0 Å². The first kappa shape index (κ1) is 18.4. The van der Waals surface area contributed by atoms with Gasteiger partial charge in [0.15, 0.2) is 17.5 Å². The molecule has 3 aromatic heterocycles. The number of fused-ring (bicyclic) bond motifs is 2. The molecular formula is C22H21FN6O. The smallest absolute Gasteiger partial charge is 0.204 e. The molecule has 3 N–H and O–H groups in total. The second kappa shape index (κ2) is 7.62. The zero-order valence-electron chi connectivity index (χ0n) is 16.4. The number of benzene rings is 1. The molecule has 0 spiro atoms. The molecule has 1 atom stereocenters. The summed E-state index contributed by atoms with van der Waals surface area (Å²) in [6, 6.07) is 9.71. The summed E-state index contributed by atoms with van der Waals surface area (Å²) in [6.45, 7) is 3.19. The van der Waals surface area contributed by atoms with Crippen LogP contribution in [0, 0.1) is 5.82 Å². The molecule has 0 radical (unpaired) electrons. The number of ether oxygens (including phenoxy) is 1. The number of nitrogens with zero attached hydrogens (tertiary/aromatic N) is 3. The molecule has 7 nitrogen and oxygen atoms in total. The van der Waals surface area contributed by atoms with Crippen LogP contribution in [0.15, 0.2) is 48.9 Å². The Morgan fingerprint density at radius 3 is 3.03 bits per heavy atom. The van der Waals surface area contributed by atoms with Gasteiger partial charge >= 0.3 is 0 Å². The molecule has 30 heavy (non-hydrogen) atoms. The van der Waals surface area contributed by atoms with Crippen molar-refractivity contribution in [1.29, 1.82) is 0 Å². The average Bonchev–Trinajstić information content (AvgIpc) is 3.16. The molecule has 1 aromatic carbocycles. The van der Waals surface area contributed by atoms with Crippen LogP contribution in [-0.2, 0) is 6.42 Å². The third kappa shape index (κ3) is 3.52. The first-order valence-corrected chi connectivity index (χ1v) is 9.88. The van der Waals surface area contributed by atoms with Crippen molar-refractivity contribution < 1.29 is 9.13 Å². The molecule has 152 valence electrons. The Balaban J connectivity index is 1.43. The Morgan fingerprint density at radius 1 is 1.23 bits per heavy atom. The molecule has 0 bridgehead atoms. The number of pyridine rings is 1. The van der Waals surface area contributed by atoms with Crippen LogP contribution in [0.5, 0.6) is 5.75 Å². The third-order valence-corrected chi connectivity index (χ3v) is 5.05. The summed E-state index contributed by atoms with van der Waals surface area (Å²) in [5.74, 6) is 1.72. The van der Waals surface area contributed by atoms with Crippen molar-refractivity contribution in [2.75, 3.05) is 23.8 Å². The lowest BCUT2D eigenvalue weighted by atomic mass is 10.1. The summed E-state index contributed by atoms with van der Waals surface area (Å²) in [7, 11) is 0. The van der Waals surface area contributed by atoms with Gasteiger partial charge in [-0.3, -0.25) is 4.98 Å². The fourth-order valence-corrected chi connectivity index (χ4v) is 3.61. The number of para-hydroxylation sites is 1. The third-order valence-electron chi connectivity index (χ3n) is 5.05. The van der Waals surface area contributed by atoms with Gasteiger partial charge in [-0.25, -0.2) is 14.4 Å². The van der Waals surface area contributed by atoms with Gasteiger partial charge in [-0.1, -0.05) is 18.2 Å². The normalized spacial score (nSPS) is 15.3. The Kier molecular flexibility index (Phi) is 4.66. The predicted octanol–water partition coefficient (Wildman–Crippen LogP) is 4.01. The highest BCUT2D eigenvalue weighted by atomic mass is 19.1. The summed E-state index contributed by atoms with van der Waals surface area (Å²) < 4.78 is 19.6. The number of hydrogen-bond donors (Lipinski definition) is 3. The number of aromatic nitrogens is 4. The van der Waals surface area contributed by atoms with E-state index in [-0.39, 0.29) is 6.04 Å². The van der Waals surface area contributed by atoms with Crippen molar-refractivity contribution in [2.45, 2.75) is 19.4 Å². The minimum atomic E-state index is -0.430. The zero-order valence-corrected chi connectivity index (χ0v) is 16.4. The number of anilines is 2. The molecule has 0 fully saturated rings. The number of H-pyrrole nitrogens is 1. The standard InChI is InChI=1S/C22H21FN6O/c1-13-12-30-19-21(25-7-6-14-10-26-18-5-3-2-4-17(14)18)28-20(29-22(19)27-13)15-8-16(23)11-24-9-15/h2-5,8-11,13,26H,6-7,12H2,1H3,(H2,25,27,28,29)/t13-/m0/s1. The van der Waals surface area contributed by atoms with Crippen molar-refractivity contribution in [3.63, 3.8) is 0 Å². The summed E-state index contributed by atoms with van der Waals surface area (Å²) in [5, 5.41) is 7.90. The number of halogens is 1. The minimum Gasteiger partial charge on any atom is -0.484 e. The van der Waals surface area contributed by atoms with Crippen molar-refractivity contribution in [1.82, 2.24) is 19.9 Å². The molecule has 1 aliphatic rings. The van der Waals surface area contributed by atoms with Crippen molar-refractivity contribution in [3.8, 4) is 17.1 Å². The summed E-state index contributed by atoms with van der Waals surface area (Å²) in [6.07, 6.45) is 5.55. The summed E-state index contributed by atoms with van der Waals surface area (Å²) in [5.41, 5.74) is 2.86. The molecule has 4 aromatic rings. The molecule has 0 saturated carbocycles. The van der Waals surface area contributed by atoms with Gasteiger partial charge in [-0.15, -0.1) is 0 Å². The summed E-state index contributed by atoms with van der Waals surface area (Å²) >= 11 is 0. The number of hydrogen-bond acceptors (Lipinski definition) is 6. The predicted molar refractivity (Wildman–Crippen MR) is 114 cm³/mol. The van der Waals surface area contributed by atoms with Crippen LogP contribution in [-0.4, -0.2) is 39.1 Å². The van der Waals surface area contributed by atoms with Crippen LogP contribution in [0.25, 0.3) is 22.3 Å². The van der Waals surface area contributed by atoms with Crippen LogP contribution >= 0.6 is 0 Å². The molecule has 0 aliphatic carbocycles. The Labute approximate surface area is 172 Å². The second-order valence-corrected chi connectivity index (χ2v) is 7.36. The minimum absolute atomic E-state index is 0.116.